The predicted molar refractivity (Wildman–Crippen MR) is 90.5 cm³/mol. The minimum atomic E-state index is -0.217. The van der Waals surface area contributed by atoms with Gasteiger partial charge in [0, 0.05) is 28.4 Å². The average Bonchev–Trinajstić information content (AvgIpc) is 2.94. The lowest BCUT2D eigenvalue weighted by Gasteiger charge is -2.15. The van der Waals surface area contributed by atoms with E-state index in [1.165, 1.54) is 4.88 Å². The smallest absolute Gasteiger partial charge is 0.315 e. The fourth-order valence-electron chi connectivity index (χ4n) is 1.96. The Morgan fingerprint density at radius 1 is 1.23 bits per heavy atom. The molecule has 2 amide bonds. The van der Waals surface area contributed by atoms with Crippen molar-refractivity contribution in [1.29, 1.82) is 0 Å². The summed E-state index contributed by atoms with van der Waals surface area (Å²) in [5.41, 5.74) is 0.997. The van der Waals surface area contributed by atoms with E-state index in [0.29, 0.717) is 18.1 Å². The highest BCUT2D eigenvalue weighted by atomic mass is 35.5. The molecule has 1 atom stereocenters. The van der Waals surface area contributed by atoms with Gasteiger partial charge in [-0.15, -0.1) is 11.3 Å². The summed E-state index contributed by atoms with van der Waals surface area (Å²) in [6.45, 7) is 2.94. The zero-order valence-electron chi connectivity index (χ0n) is 12.6. The number of methoxy groups -OCH3 is 1. The third-order valence-electron chi connectivity index (χ3n) is 3.18. The molecular formula is C16H19ClN2O2S. The van der Waals surface area contributed by atoms with Crippen molar-refractivity contribution in [1.82, 2.24) is 10.6 Å². The number of halogens is 1. The fraction of sp³-hybridized carbons (Fsp3) is 0.312. The van der Waals surface area contributed by atoms with Crippen LogP contribution in [0.4, 0.5) is 4.79 Å². The molecule has 2 rings (SSSR count). The standard InChI is InChI=1S/C16H19ClN2O2S/c1-11-3-8-15(22-11)14(21-2)10-19-16(20)18-9-12-4-6-13(17)7-5-12/h3-8,14H,9-10H2,1-2H3,(H2,18,19,20)/t14-/m1/s1. The van der Waals surface area contributed by atoms with Gasteiger partial charge in [0.1, 0.15) is 6.10 Å². The molecule has 6 heteroatoms. The Bertz CT molecular complexity index is 613. The van der Waals surface area contributed by atoms with Crippen LogP contribution in [0.25, 0.3) is 0 Å². The molecule has 4 nitrogen and oxygen atoms in total. The molecule has 22 heavy (non-hydrogen) atoms. The van der Waals surface area contributed by atoms with Crippen molar-refractivity contribution in [3.63, 3.8) is 0 Å². The number of thiophene rings is 1. The molecule has 1 aromatic heterocycles. The average molecular weight is 339 g/mol. The first-order chi connectivity index (χ1) is 10.6. The second-order valence-corrected chi connectivity index (χ2v) is 6.62. The molecule has 0 fully saturated rings. The number of nitrogens with one attached hydrogen (secondary N) is 2. The van der Waals surface area contributed by atoms with E-state index < -0.39 is 0 Å². The molecule has 2 N–H and O–H groups in total. The van der Waals surface area contributed by atoms with Crippen LogP contribution in [0.5, 0.6) is 0 Å². The Labute approximate surface area is 139 Å². The zero-order valence-corrected chi connectivity index (χ0v) is 14.1. The van der Waals surface area contributed by atoms with Gasteiger partial charge in [-0.3, -0.25) is 0 Å². The van der Waals surface area contributed by atoms with E-state index in [1.54, 1.807) is 30.6 Å². The number of carbonyl (C=O) groups is 1. The quantitative estimate of drug-likeness (QED) is 0.839. The van der Waals surface area contributed by atoms with Crippen LogP contribution in [0.2, 0.25) is 5.02 Å². The van der Waals surface area contributed by atoms with Gasteiger partial charge in [0.15, 0.2) is 0 Å². The van der Waals surface area contributed by atoms with Gasteiger partial charge < -0.3 is 15.4 Å². The number of rotatable bonds is 6. The van der Waals surface area contributed by atoms with Crippen molar-refractivity contribution in [2.45, 2.75) is 19.6 Å². The van der Waals surface area contributed by atoms with E-state index in [-0.39, 0.29) is 12.1 Å². The van der Waals surface area contributed by atoms with E-state index >= 15 is 0 Å². The van der Waals surface area contributed by atoms with E-state index in [0.717, 1.165) is 10.4 Å². The summed E-state index contributed by atoms with van der Waals surface area (Å²) in [7, 11) is 1.65. The first kappa shape index (κ1) is 16.8. The highest BCUT2D eigenvalue weighted by molar-refractivity contribution is 7.12. The van der Waals surface area contributed by atoms with Gasteiger partial charge in [-0.1, -0.05) is 23.7 Å². The van der Waals surface area contributed by atoms with Gasteiger partial charge in [-0.2, -0.15) is 0 Å². The van der Waals surface area contributed by atoms with Crippen LogP contribution in [0.1, 0.15) is 21.4 Å². The maximum atomic E-state index is 11.8. The van der Waals surface area contributed by atoms with E-state index in [1.807, 2.05) is 31.2 Å². The monoisotopic (exact) mass is 338 g/mol. The van der Waals surface area contributed by atoms with Crippen molar-refractivity contribution < 1.29 is 9.53 Å². The largest absolute Gasteiger partial charge is 0.374 e. The number of urea groups is 1. The summed E-state index contributed by atoms with van der Waals surface area (Å²) in [5.74, 6) is 0. The van der Waals surface area contributed by atoms with E-state index in [2.05, 4.69) is 10.6 Å². The van der Waals surface area contributed by atoms with Gasteiger partial charge >= 0.3 is 6.03 Å². The first-order valence-electron chi connectivity index (χ1n) is 6.93. The summed E-state index contributed by atoms with van der Waals surface area (Å²) in [4.78, 5) is 14.2. The maximum Gasteiger partial charge on any atom is 0.315 e. The van der Waals surface area contributed by atoms with E-state index in [4.69, 9.17) is 16.3 Å². The lowest BCUT2D eigenvalue weighted by atomic mass is 10.2. The van der Waals surface area contributed by atoms with Crippen molar-refractivity contribution in [2.24, 2.45) is 0 Å². The van der Waals surface area contributed by atoms with Gasteiger partial charge in [0.05, 0.1) is 6.54 Å². The van der Waals surface area contributed by atoms with Gasteiger partial charge in [-0.25, -0.2) is 4.79 Å². The Morgan fingerprint density at radius 2 is 1.95 bits per heavy atom. The SMILES string of the molecule is CO[C@H](CNC(=O)NCc1ccc(Cl)cc1)c1ccc(C)s1. The molecule has 1 aromatic carbocycles. The molecule has 0 aliphatic carbocycles. The topological polar surface area (TPSA) is 50.4 Å². The molecule has 0 spiro atoms. The van der Waals surface area contributed by atoms with Crippen LogP contribution in [-0.2, 0) is 11.3 Å². The van der Waals surface area contributed by atoms with Gasteiger partial charge in [-0.05, 0) is 36.8 Å². The Kier molecular flexibility index (Phi) is 6.24. The Morgan fingerprint density at radius 3 is 2.55 bits per heavy atom. The molecule has 1 heterocycles. The normalized spacial score (nSPS) is 12.0. The summed E-state index contributed by atoms with van der Waals surface area (Å²) in [5, 5.41) is 6.32. The maximum absolute atomic E-state index is 11.8. The summed E-state index contributed by atoms with van der Waals surface area (Å²) >= 11 is 7.50. The van der Waals surface area contributed by atoms with Gasteiger partial charge in [0.25, 0.3) is 0 Å². The van der Waals surface area contributed by atoms with Crippen molar-refractivity contribution >= 4 is 29.0 Å². The van der Waals surface area contributed by atoms with Crippen molar-refractivity contribution in [2.75, 3.05) is 13.7 Å². The number of hydrogen-bond acceptors (Lipinski definition) is 3. The minimum absolute atomic E-state index is 0.125. The molecule has 118 valence electrons. The van der Waals surface area contributed by atoms with Crippen LogP contribution in [-0.4, -0.2) is 19.7 Å². The first-order valence-corrected chi connectivity index (χ1v) is 8.13. The fourth-order valence-corrected chi connectivity index (χ4v) is 3.04. The number of carbonyl (C=O) groups excluding carboxylic acids is 1. The van der Waals surface area contributed by atoms with Crippen molar-refractivity contribution in [3.05, 3.63) is 56.7 Å². The lowest BCUT2D eigenvalue weighted by Crippen LogP contribution is -2.37. The number of amides is 2. The Balaban J connectivity index is 1.78. The number of benzene rings is 1. The zero-order chi connectivity index (χ0) is 15.9. The molecule has 0 aliphatic rings. The van der Waals surface area contributed by atoms with Crippen LogP contribution >= 0.6 is 22.9 Å². The molecule has 0 radical (unpaired) electrons. The molecule has 0 aliphatic heterocycles. The van der Waals surface area contributed by atoms with Crippen molar-refractivity contribution in [3.8, 4) is 0 Å². The van der Waals surface area contributed by atoms with Crippen LogP contribution in [0.3, 0.4) is 0 Å². The number of ether oxygens (including phenoxy) is 1. The van der Waals surface area contributed by atoms with Gasteiger partial charge in [0.2, 0.25) is 0 Å². The second-order valence-electron chi connectivity index (χ2n) is 4.86. The highest BCUT2D eigenvalue weighted by Crippen LogP contribution is 2.24. The molecule has 0 saturated heterocycles. The van der Waals surface area contributed by atoms with E-state index in [9.17, 15) is 4.79 Å². The lowest BCUT2D eigenvalue weighted by molar-refractivity contribution is 0.107. The molecule has 2 aromatic rings. The predicted octanol–water partition coefficient (Wildman–Crippen LogP) is 3.90. The summed E-state index contributed by atoms with van der Waals surface area (Å²) in [6, 6.07) is 11.2. The highest BCUT2D eigenvalue weighted by Gasteiger charge is 2.13. The molecular weight excluding hydrogens is 320 g/mol. The number of hydrogen-bond donors (Lipinski definition) is 2. The van der Waals surface area contributed by atoms with Crippen LogP contribution in [0, 0.1) is 6.92 Å². The third-order valence-corrected chi connectivity index (χ3v) is 4.52. The molecule has 0 saturated carbocycles. The molecule has 0 unspecified atom stereocenters. The summed E-state index contributed by atoms with van der Waals surface area (Å²) in [6.07, 6.45) is -0.125. The minimum Gasteiger partial charge on any atom is -0.374 e. The summed E-state index contributed by atoms with van der Waals surface area (Å²) < 4.78 is 5.43. The third kappa shape index (κ3) is 5.02. The van der Waals surface area contributed by atoms with Crippen LogP contribution < -0.4 is 10.6 Å². The number of aryl methyl sites for hydroxylation is 1. The molecule has 0 bridgehead atoms. The second kappa shape index (κ2) is 8.17. The Hall–Kier alpha value is -1.56. The van der Waals surface area contributed by atoms with Crippen LogP contribution in [0.15, 0.2) is 36.4 Å².